The lowest BCUT2D eigenvalue weighted by molar-refractivity contribution is 0.822. The molecule has 0 atom stereocenters. The summed E-state index contributed by atoms with van der Waals surface area (Å²) in [6, 6.07) is 0. The van der Waals surface area contributed by atoms with Crippen molar-refractivity contribution >= 4 is 12.3 Å². The molecule has 1 aromatic rings. The zero-order valence-electron chi connectivity index (χ0n) is 6.70. The second kappa shape index (κ2) is 2.65. The normalized spacial score (nSPS) is 9.64. The molecule has 4 heteroatoms. The fourth-order valence-electron chi connectivity index (χ4n) is 0.793. The fourth-order valence-corrected chi connectivity index (χ4v) is 0.793. The van der Waals surface area contributed by atoms with Crippen LogP contribution in [0, 0.1) is 6.92 Å². The molecule has 11 heavy (non-hydrogen) atoms. The molecule has 0 aliphatic rings. The van der Waals surface area contributed by atoms with Crippen molar-refractivity contribution in [1.82, 2.24) is 14.9 Å². The average Bonchev–Trinajstić information content (AvgIpc) is 2.30. The molecule has 1 heterocycles. The number of aryl methyl sites for hydroxylation is 1. The Hall–Kier alpha value is -1.45. The van der Waals surface area contributed by atoms with Gasteiger partial charge in [0.25, 0.3) is 0 Å². The van der Waals surface area contributed by atoms with Crippen LogP contribution in [0.15, 0.2) is 11.7 Å². The van der Waals surface area contributed by atoms with Gasteiger partial charge in [-0.2, -0.15) is 9.78 Å². The van der Waals surface area contributed by atoms with Crippen LogP contribution in [0.4, 0.5) is 0 Å². The molecule has 0 amide bonds. The van der Waals surface area contributed by atoms with Crippen LogP contribution in [0.2, 0.25) is 0 Å². The van der Waals surface area contributed by atoms with Crippen molar-refractivity contribution in [2.75, 3.05) is 0 Å². The van der Waals surface area contributed by atoms with Crippen LogP contribution >= 0.6 is 0 Å². The first-order valence-corrected chi connectivity index (χ1v) is 3.21. The third-order valence-corrected chi connectivity index (χ3v) is 1.32. The van der Waals surface area contributed by atoms with E-state index in [-0.39, 0.29) is 0 Å². The number of nitrogens with zero attached hydrogens (tertiary/aromatic N) is 4. The highest BCUT2D eigenvalue weighted by Gasteiger charge is 2.06. The Kier molecular flexibility index (Phi) is 1.85. The zero-order valence-corrected chi connectivity index (χ0v) is 6.70. The van der Waals surface area contributed by atoms with E-state index in [2.05, 4.69) is 28.6 Å². The van der Waals surface area contributed by atoms with Gasteiger partial charge in [-0.3, -0.25) is 0 Å². The van der Waals surface area contributed by atoms with E-state index in [0.29, 0.717) is 5.82 Å². The maximum absolute atomic E-state index is 3.87. The summed E-state index contributed by atoms with van der Waals surface area (Å²) in [6.07, 6.45) is 0. The highest BCUT2D eigenvalue weighted by molar-refractivity contribution is 5.54. The summed E-state index contributed by atoms with van der Waals surface area (Å²) in [6.45, 7) is 10.8. The minimum absolute atomic E-state index is 0.664. The Balaban J connectivity index is 3.26. The third kappa shape index (κ3) is 1.19. The third-order valence-electron chi connectivity index (χ3n) is 1.32. The number of hydrogen-bond donors (Lipinski definition) is 0. The molecule has 0 N–H and O–H groups in total. The van der Waals surface area contributed by atoms with Gasteiger partial charge < -0.3 is 0 Å². The second-order valence-electron chi connectivity index (χ2n) is 2.30. The summed E-state index contributed by atoms with van der Waals surface area (Å²) in [5.41, 5.74) is 0.831. The lowest BCUT2D eigenvalue weighted by atomic mass is 10.3. The van der Waals surface area contributed by atoms with Gasteiger partial charge in [0.2, 0.25) is 0 Å². The van der Waals surface area contributed by atoms with Gasteiger partial charge in [-0.1, -0.05) is 6.58 Å². The number of rotatable bonds is 2. The lowest BCUT2D eigenvalue weighted by Crippen LogP contribution is -1.95. The van der Waals surface area contributed by atoms with Crippen LogP contribution < -0.4 is 0 Å². The Labute approximate surface area is 65.3 Å². The van der Waals surface area contributed by atoms with E-state index in [1.54, 1.807) is 4.68 Å². The molecule has 0 bridgehead atoms. The monoisotopic (exact) mass is 150 g/mol. The molecular weight excluding hydrogens is 140 g/mol. The Morgan fingerprint density at radius 1 is 1.55 bits per heavy atom. The molecule has 4 nitrogen and oxygen atoms in total. The smallest absolute Gasteiger partial charge is 0.180 e. The van der Waals surface area contributed by atoms with Gasteiger partial charge in [-0.25, -0.2) is 0 Å². The minimum Gasteiger partial charge on any atom is -0.198 e. The largest absolute Gasteiger partial charge is 0.198 e. The van der Waals surface area contributed by atoms with Gasteiger partial charge in [-0.15, -0.1) is 10.2 Å². The summed E-state index contributed by atoms with van der Waals surface area (Å²) in [5.74, 6) is 1.38. The molecule has 0 aliphatic carbocycles. The van der Waals surface area contributed by atoms with E-state index in [9.17, 15) is 0 Å². The molecule has 0 aromatic carbocycles. The fraction of sp³-hybridized carbons (Fsp3) is 0.286. The number of hydrogen-bond acceptors (Lipinski definition) is 3. The van der Waals surface area contributed by atoms with Gasteiger partial charge >= 0.3 is 0 Å². The highest BCUT2D eigenvalue weighted by atomic mass is 15.4. The minimum atomic E-state index is 0.664. The van der Waals surface area contributed by atoms with Crippen LogP contribution in [0.3, 0.4) is 0 Å². The van der Waals surface area contributed by atoms with Crippen LogP contribution in [-0.2, 0) is 0 Å². The van der Waals surface area contributed by atoms with Crippen molar-refractivity contribution in [3.05, 3.63) is 18.2 Å². The summed E-state index contributed by atoms with van der Waals surface area (Å²) < 4.78 is 1.56. The van der Waals surface area contributed by atoms with Crippen molar-refractivity contribution in [3.63, 3.8) is 0 Å². The molecule has 58 valence electrons. The summed E-state index contributed by atoms with van der Waals surface area (Å²) >= 11 is 0. The summed E-state index contributed by atoms with van der Waals surface area (Å²) in [5, 5.41) is 11.4. The summed E-state index contributed by atoms with van der Waals surface area (Å²) in [7, 11) is 0. The van der Waals surface area contributed by atoms with Crippen LogP contribution in [0.1, 0.15) is 18.6 Å². The highest BCUT2D eigenvalue weighted by Crippen LogP contribution is 2.08. The van der Waals surface area contributed by atoms with Crippen molar-refractivity contribution < 1.29 is 0 Å². The predicted molar refractivity (Wildman–Crippen MR) is 44.4 cm³/mol. The Morgan fingerprint density at radius 3 is 2.55 bits per heavy atom. The first-order chi connectivity index (χ1) is 5.16. The quantitative estimate of drug-likeness (QED) is 0.592. The molecule has 0 unspecified atom stereocenters. The number of aromatic nitrogens is 3. The molecule has 0 aliphatic heterocycles. The van der Waals surface area contributed by atoms with Crippen molar-refractivity contribution in [3.8, 4) is 0 Å². The van der Waals surface area contributed by atoms with Crippen molar-refractivity contribution in [1.29, 1.82) is 0 Å². The van der Waals surface area contributed by atoms with Crippen LogP contribution in [0.5, 0.6) is 0 Å². The first-order valence-electron chi connectivity index (χ1n) is 3.21. The van der Waals surface area contributed by atoms with Gasteiger partial charge in [0.15, 0.2) is 11.6 Å². The van der Waals surface area contributed by atoms with E-state index in [1.807, 2.05) is 13.8 Å². The predicted octanol–water partition coefficient (Wildman–Crippen LogP) is 1.08. The SMILES string of the molecule is C=Nn1c(C)nnc1C(=C)C. The maximum Gasteiger partial charge on any atom is 0.180 e. The van der Waals surface area contributed by atoms with Gasteiger partial charge in [0, 0.05) is 6.72 Å². The van der Waals surface area contributed by atoms with E-state index in [0.717, 1.165) is 11.4 Å². The first kappa shape index (κ1) is 7.65. The van der Waals surface area contributed by atoms with Crippen LogP contribution in [-0.4, -0.2) is 21.6 Å². The average molecular weight is 150 g/mol. The maximum atomic E-state index is 3.87. The molecule has 1 aromatic heterocycles. The Morgan fingerprint density at radius 2 is 2.18 bits per heavy atom. The lowest BCUT2D eigenvalue weighted by Gasteiger charge is -1.97. The van der Waals surface area contributed by atoms with E-state index >= 15 is 0 Å². The molecule has 0 saturated carbocycles. The van der Waals surface area contributed by atoms with E-state index < -0.39 is 0 Å². The molecule has 0 saturated heterocycles. The van der Waals surface area contributed by atoms with Gasteiger partial charge in [0.05, 0.1) is 0 Å². The van der Waals surface area contributed by atoms with Gasteiger partial charge in [0.1, 0.15) is 0 Å². The van der Waals surface area contributed by atoms with E-state index in [4.69, 9.17) is 0 Å². The van der Waals surface area contributed by atoms with Crippen molar-refractivity contribution in [2.45, 2.75) is 13.8 Å². The Bertz CT molecular complexity index is 297. The topological polar surface area (TPSA) is 43.1 Å². The van der Waals surface area contributed by atoms with E-state index in [1.165, 1.54) is 0 Å². The standard InChI is InChI=1S/C7H10N4/c1-5(2)7-10-9-6(3)11(7)8-4/h1,4H2,2-3H3. The molecule has 0 fully saturated rings. The number of allylic oxidation sites excluding steroid dienone is 1. The molecule has 0 radical (unpaired) electrons. The van der Waals surface area contributed by atoms with Gasteiger partial charge in [-0.05, 0) is 19.4 Å². The summed E-state index contributed by atoms with van der Waals surface area (Å²) in [4.78, 5) is 0. The second-order valence-corrected chi connectivity index (χ2v) is 2.30. The molecule has 1 rings (SSSR count). The van der Waals surface area contributed by atoms with Crippen molar-refractivity contribution in [2.24, 2.45) is 5.10 Å². The van der Waals surface area contributed by atoms with Crippen LogP contribution in [0.25, 0.3) is 5.57 Å². The molecular formula is C7H10N4. The molecule has 0 spiro atoms. The zero-order chi connectivity index (χ0) is 8.43.